The van der Waals surface area contributed by atoms with Crippen molar-refractivity contribution in [3.05, 3.63) is 0 Å². The van der Waals surface area contributed by atoms with Gasteiger partial charge in [0.1, 0.15) is 11.2 Å². The molecule has 0 aromatic rings. The molecule has 0 saturated carbocycles. The predicted octanol–water partition coefficient (Wildman–Crippen LogP) is 1.18. The Morgan fingerprint density at radius 2 is 1.31 bits per heavy atom. The molecule has 0 aliphatic rings. The Kier molecular flexibility index (Phi) is 8.07. The summed E-state index contributed by atoms with van der Waals surface area (Å²) in [6, 6.07) is 0. The summed E-state index contributed by atoms with van der Waals surface area (Å²) in [5, 5.41) is 9.73. The van der Waals surface area contributed by atoms with Gasteiger partial charge < -0.3 is 26.0 Å². The van der Waals surface area contributed by atoms with E-state index in [9.17, 15) is 19.5 Å². The molecule has 0 atom stereocenters. The highest BCUT2D eigenvalue weighted by atomic mass is 16.6. The van der Waals surface area contributed by atoms with Gasteiger partial charge in [-0.1, -0.05) is 0 Å². The first kappa shape index (κ1) is 23.7. The smallest absolute Gasteiger partial charge is 0.335 e. The lowest BCUT2D eigenvalue weighted by Gasteiger charge is -2.32. The number of guanidine groups is 1. The van der Waals surface area contributed by atoms with Crippen molar-refractivity contribution in [2.24, 2.45) is 21.9 Å². The molecule has 150 valence electrons. The highest BCUT2D eigenvalue weighted by Crippen LogP contribution is 2.33. The minimum atomic E-state index is -2.45. The van der Waals surface area contributed by atoms with Gasteiger partial charge in [-0.05, 0) is 60.8 Å². The van der Waals surface area contributed by atoms with Crippen molar-refractivity contribution in [2.75, 3.05) is 6.54 Å². The van der Waals surface area contributed by atoms with Crippen molar-refractivity contribution < 1.29 is 29.0 Å². The van der Waals surface area contributed by atoms with Crippen LogP contribution in [0.1, 0.15) is 60.8 Å². The molecule has 0 rings (SSSR count). The van der Waals surface area contributed by atoms with Crippen LogP contribution in [0.25, 0.3) is 0 Å². The SMILES string of the molecule is CC(C)(C)OC(=O)C(CCCCN=C(N)N)(C(=O)O)C(=O)OC(C)(C)C. The largest absolute Gasteiger partial charge is 0.480 e. The number of rotatable bonds is 8. The van der Waals surface area contributed by atoms with E-state index in [1.54, 1.807) is 41.5 Å². The molecule has 0 radical (unpaired) electrons. The maximum Gasteiger partial charge on any atom is 0.335 e. The number of aliphatic imine (C=N–C) groups is 1. The summed E-state index contributed by atoms with van der Waals surface area (Å²) in [4.78, 5) is 41.1. The highest BCUT2D eigenvalue weighted by Gasteiger charge is 2.57. The van der Waals surface area contributed by atoms with Gasteiger partial charge in [0.2, 0.25) is 0 Å². The van der Waals surface area contributed by atoms with E-state index in [1.165, 1.54) is 0 Å². The van der Waals surface area contributed by atoms with Gasteiger partial charge in [0.15, 0.2) is 5.96 Å². The second kappa shape index (κ2) is 8.86. The van der Waals surface area contributed by atoms with Crippen molar-refractivity contribution in [2.45, 2.75) is 72.0 Å². The first-order valence-corrected chi connectivity index (χ1v) is 8.37. The highest BCUT2D eigenvalue weighted by molar-refractivity contribution is 6.17. The Balaban J connectivity index is 5.63. The van der Waals surface area contributed by atoms with E-state index in [0.29, 0.717) is 6.42 Å². The fourth-order valence-corrected chi connectivity index (χ4v) is 2.01. The third-order valence-electron chi connectivity index (χ3n) is 3.11. The molecule has 0 saturated heterocycles. The number of hydrogen-bond acceptors (Lipinski definition) is 6. The molecule has 9 heteroatoms. The Morgan fingerprint density at radius 1 is 0.885 bits per heavy atom. The monoisotopic (exact) mass is 373 g/mol. The number of ether oxygens (including phenoxy) is 2. The number of esters is 2. The van der Waals surface area contributed by atoms with Crippen molar-refractivity contribution in [1.29, 1.82) is 0 Å². The number of aliphatic carboxylic acids is 1. The molecular weight excluding hydrogens is 342 g/mol. The van der Waals surface area contributed by atoms with Gasteiger partial charge in [-0.2, -0.15) is 0 Å². The number of carbonyl (C=O) groups excluding carboxylic acids is 2. The standard InChI is InChI=1S/C17H31N3O6/c1-15(2,3)25-12(23)17(11(21)22,13(24)26-16(4,5)6)9-7-8-10-20-14(18)19/h7-10H2,1-6H3,(H,21,22)(H4,18,19,20). The Labute approximate surface area is 154 Å². The molecule has 0 aliphatic carbocycles. The summed E-state index contributed by atoms with van der Waals surface area (Å²) in [6.45, 7) is 9.78. The molecule has 0 unspecified atom stereocenters. The number of nitrogens with zero attached hydrogens (tertiary/aromatic N) is 1. The van der Waals surface area contributed by atoms with Crippen LogP contribution < -0.4 is 11.5 Å². The Morgan fingerprint density at radius 3 is 1.62 bits per heavy atom. The van der Waals surface area contributed by atoms with Crippen LogP contribution >= 0.6 is 0 Å². The van der Waals surface area contributed by atoms with Crippen molar-refractivity contribution in [3.63, 3.8) is 0 Å². The predicted molar refractivity (Wildman–Crippen MR) is 96.3 cm³/mol. The minimum Gasteiger partial charge on any atom is -0.480 e. The zero-order valence-electron chi connectivity index (χ0n) is 16.4. The maximum absolute atomic E-state index is 12.7. The summed E-state index contributed by atoms with van der Waals surface area (Å²) in [6.07, 6.45) is 0.312. The van der Waals surface area contributed by atoms with E-state index in [4.69, 9.17) is 20.9 Å². The van der Waals surface area contributed by atoms with Crippen molar-refractivity contribution >= 4 is 23.9 Å². The minimum absolute atomic E-state index is 0.0891. The molecule has 0 spiro atoms. The summed E-state index contributed by atoms with van der Waals surface area (Å²) < 4.78 is 10.4. The molecule has 0 amide bonds. The van der Waals surface area contributed by atoms with Gasteiger partial charge in [0.05, 0.1) is 0 Å². The van der Waals surface area contributed by atoms with E-state index in [1.807, 2.05) is 0 Å². The van der Waals surface area contributed by atoms with Crippen LogP contribution in [0.2, 0.25) is 0 Å². The van der Waals surface area contributed by atoms with E-state index in [2.05, 4.69) is 4.99 Å². The van der Waals surface area contributed by atoms with Crippen LogP contribution in [0.3, 0.4) is 0 Å². The summed E-state index contributed by atoms with van der Waals surface area (Å²) in [7, 11) is 0. The molecule has 26 heavy (non-hydrogen) atoms. The number of unbranched alkanes of at least 4 members (excludes halogenated alkanes) is 1. The van der Waals surface area contributed by atoms with Gasteiger partial charge in [0.25, 0.3) is 5.41 Å². The molecule has 0 aliphatic heterocycles. The van der Waals surface area contributed by atoms with Gasteiger partial charge in [0, 0.05) is 6.54 Å². The number of nitrogens with two attached hydrogens (primary N) is 2. The van der Waals surface area contributed by atoms with E-state index >= 15 is 0 Å². The van der Waals surface area contributed by atoms with Crippen LogP contribution in [-0.2, 0) is 23.9 Å². The molecule has 0 aromatic heterocycles. The fraction of sp³-hybridized carbons (Fsp3) is 0.765. The molecule has 0 fully saturated rings. The zero-order chi connectivity index (χ0) is 20.8. The summed E-state index contributed by atoms with van der Waals surface area (Å²) in [5.41, 5.74) is 6.09. The lowest BCUT2D eigenvalue weighted by atomic mass is 9.82. The molecule has 5 N–H and O–H groups in total. The van der Waals surface area contributed by atoms with E-state index < -0.39 is 34.5 Å². The first-order chi connectivity index (χ1) is 11.6. The second-order valence-electron chi connectivity index (χ2n) is 7.98. The lowest BCUT2D eigenvalue weighted by Crippen LogP contribution is -2.51. The molecule has 0 aromatic carbocycles. The fourth-order valence-electron chi connectivity index (χ4n) is 2.01. The van der Waals surface area contributed by atoms with Crippen LogP contribution in [0, 0.1) is 5.41 Å². The van der Waals surface area contributed by atoms with Crippen LogP contribution in [-0.4, -0.2) is 46.7 Å². The number of carboxylic acids is 1. The normalized spacial score (nSPS) is 12.2. The van der Waals surface area contributed by atoms with E-state index in [-0.39, 0.29) is 25.3 Å². The average molecular weight is 373 g/mol. The zero-order valence-corrected chi connectivity index (χ0v) is 16.4. The third kappa shape index (κ3) is 7.71. The van der Waals surface area contributed by atoms with Gasteiger partial charge in [-0.25, -0.2) is 0 Å². The molecule has 0 bridgehead atoms. The Bertz CT molecular complexity index is 526. The number of hydrogen-bond donors (Lipinski definition) is 3. The molecular formula is C17H31N3O6. The Hall–Kier alpha value is -2.32. The van der Waals surface area contributed by atoms with Crippen molar-refractivity contribution in [3.8, 4) is 0 Å². The van der Waals surface area contributed by atoms with Crippen LogP contribution in [0.5, 0.6) is 0 Å². The van der Waals surface area contributed by atoms with Crippen LogP contribution in [0.15, 0.2) is 4.99 Å². The van der Waals surface area contributed by atoms with Crippen LogP contribution in [0.4, 0.5) is 0 Å². The van der Waals surface area contributed by atoms with E-state index in [0.717, 1.165) is 0 Å². The summed E-state index contributed by atoms with van der Waals surface area (Å²) >= 11 is 0. The average Bonchev–Trinajstić information content (AvgIpc) is 2.37. The number of carboxylic acid groups (broad SMARTS) is 1. The third-order valence-corrected chi connectivity index (χ3v) is 3.11. The molecule has 9 nitrogen and oxygen atoms in total. The second-order valence-corrected chi connectivity index (χ2v) is 7.98. The van der Waals surface area contributed by atoms with Crippen molar-refractivity contribution in [1.82, 2.24) is 0 Å². The van der Waals surface area contributed by atoms with Gasteiger partial charge >= 0.3 is 17.9 Å². The first-order valence-electron chi connectivity index (χ1n) is 8.37. The topological polar surface area (TPSA) is 154 Å². The maximum atomic E-state index is 12.7. The quantitative estimate of drug-likeness (QED) is 0.188. The van der Waals surface area contributed by atoms with Gasteiger partial charge in [-0.3, -0.25) is 19.4 Å². The lowest BCUT2D eigenvalue weighted by molar-refractivity contribution is -0.192. The number of carbonyl (C=O) groups is 3. The molecule has 0 heterocycles. The van der Waals surface area contributed by atoms with Gasteiger partial charge in [-0.15, -0.1) is 0 Å². The summed E-state index contributed by atoms with van der Waals surface area (Å²) in [5.74, 6) is -3.99.